The molecule has 0 atom stereocenters. The molecule has 26 heavy (non-hydrogen) atoms. The van der Waals surface area contributed by atoms with E-state index in [4.69, 9.17) is 0 Å². The van der Waals surface area contributed by atoms with Gasteiger partial charge in [-0.15, -0.1) is 11.3 Å². The zero-order valence-electron chi connectivity index (χ0n) is 14.8. The van der Waals surface area contributed by atoms with Crippen LogP contribution in [0.15, 0.2) is 52.9 Å². The summed E-state index contributed by atoms with van der Waals surface area (Å²) in [4.78, 5) is 15.4. The maximum absolute atomic E-state index is 12.1. The molecule has 0 aliphatic heterocycles. The molecule has 6 nitrogen and oxygen atoms in total. The first-order chi connectivity index (χ1) is 12.7. The normalized spacial score (nSPS) is 11.0. The molecule has 3 aromatic rings. The summed E-state index contributed by atoms with van der Waals surface area (Å²) in [5.41, 5.74) is 5.73. The lowest BCUT2D eigenvalue weighted by Gasteiger charge is -2.20. The highest BCUT2D eigenvalue weighted by molar-refractivity contribution is 7.13. The average Bonchev–Trinajstić information content (AvgIpc) is 3.35. The van der Waals surface area contributed by atoms with Crippen molar-refractivity contribution < 1.29 is 4.79 Å². The number of hydrazone groups is 1. The lowest BCUT2D eigenvalue weighted by molar-refractivity contribution is 0.0950. The second-order valence-electron chi connectivity index (χ2n) is 5.61. The van der Waals surface area contributed by atoms with Gasteiger partial charge in [0.2, 0.25) is 0 Å². The van der Waals surface area contributed by atoms with Crippen LogP contribution >= 0.6 is 11.3 Å². The van der Waals surface area contributed by atoms with Gasteiger partial charge in [-0.3, -0.25) is 9.89 Å². The first-order valence-corrected chi connectivity index (χ1v) is 9.37. The largest absolute Gasteiger partial charge is 0.372 e. The number of hydrogen-bond donors (Lipinski definition) is 2. The first-order valence-electron chi connectivity index (χ1n) is 8.49. The van der Waals surface area contributed by atoms with Crippen LogP contribution in [0, 0.1) is 0 Å². The van der Waals surface area contributed by atoms with E-state index in [0.29, 0.717) is 5.69 Å². The lowest BCUT2D eigenvalue weighted by Crippen LogP contribution is -2.21. The van der Waals surface area contributed by atoms with E-state index in [1.807, 2.05) is 29.6 Å². The topological polar surface area (TPSA) is 73.4 Å². The molecular weight excluding hydrogens is 346 g/mol. The third kappa shape index (κ3) is 4.18. The van der Waals surface area contributed by atoms with Gasteiger partial charge in [0.1, 0.15) is 0 Å². The van der Waals surface area contributed by atoms with E-state index in [9.17, 15) is 4.79 Å². The molecule has 0 fully saturated rings. The monoisotopic (exact) mass is 367 g/mol. The fourth-order valence-electron chi connectivity index (χ4n) is 2.58. The molecule has 0 bridgehead atoms. The number of anilines is 1. The number of rotatable bonds is 7. The zero-order valence-corrected chi connectivity index (χ0v) is 15.6. The molecule has 0 radical (unpaired) electrons. The summed E-state index contributed by atoms with van der Waals surface area (Å²) in [6, 6.07) is 13.7. The van der Waals surface area contributed by atoms with E-state index in [1.54, 1.807) is 23.6 Å². The van der Waals surface area contributed by atoms with Crippen LogP contribution in [0.25, 0.3) is 10.6 Å². The second kappa shape index (κ2) is 8.44. The summed E-state index contributed by atoms with van der Waals surface area (Å²) in [5, 5.41) is 12.9. The minimum Gasteiger partial charge on any atom is -0.372 e. The number of aromatic amines is 1. The smallest absolute Gasteiger partial charge is 0.291 e. The van der Waals surface area contributed by atoms with Crippen LogP contribution < -0.4 is 10.3 Å². The summed E-state index contributed by atoms with van der Waals surface area (Å²) in [5.74, 6) is -0.347. The SMILES string of the molecule is CCN(CC)c1ccc(/C=N\NC(=O)c2cc(-c3cccs3)[nH]n2)cc1. The Balaban J connectivity index is 1.59. The van der Waals surface area contributed by atoms with Crippen LogP contribution in [-0.4, -0.2) is 35.4 Å². The van der Waals surface area contributed by atoms with E-state index >= 15 is 0 Å². The van der Waals surface area contributed by atoms with Crippen LogP contribution in [0.1, 0.15) is 29.9 Å². The maximum atomic E-state index is 12.1. The molecule has 0 saturated carbocycles. The third-order valence-corrected chi connectivity index (χ3v) is 4.90. The van der Waals surface area contributed by atoms with Crippen molar-refractivity contribution in [2.75, 3.05) is 18.0 Å². The average molecular weight is 367 g/mol. The summed E-state index contributed by atoms with van der Waals surface area (Å²) in [7, 11) is 0. The number of benzene rings is 1. The second-order valence-corrected chi connectivity index (χ2v) is 6.55. The van der Waals surface area contributed by atoms with Gasteiger partial charge >= 0.3 is 0 Å². The fourth-order valence-corrected chi connectivity index (χ4v) is 3.27. The number of hydrogen-bond acceptors (Lipinski definition) is 5. The van der Waals surface area contributed by atoms with Crippen molar-refractivity contribution in [2.45, 2.75) is 13.8 Å². The van der Waals surface area contributed by atoms with Crippen LogP contribution in [0.2, 0.25) is 0 Å². The van der Waals surface area contributed by atoms with Crippen molar-refractivity contribution in [1.82, 2.24) is 15.6 Å². The molecule has 0 aliphatic carbocycles. The van der Waals surface area contributed by atoms with Gasteiger partial charge in [-0.2, -0.15) is 10.2 Å². The minimum atomic E-state index is -0.347. The number of thiophene rings is 1. The highest BCUT2D eigenvalue weighted by atomic mass is 32.1. The number of aromatic nitrogens is 2. The number of amides is 1. The van der Waals surface area contributed by atoms with Crippen molar-refractivity contribution in [2.24, 2.45) is 5.10 Å². The highest BCUT2D eigenvalue weighted by Crippen LogP contribution is 2.22. The molecule has 1 amide bonds. The van der Waals surface area contributed by atoms with Gasteiger partial charge in [-0.25, -0.2) is 5.43 Å². The van der Waals surface area contributed by atoms with Crippen molar-refractivity contribution in [1.29, 1.82) is 0 Å². The number of nitrogens with one attached hydrogen (secondary N) is 2. The minimum absolute atomic E-state index is 0.308. The molecule has 0 spiro atoms. The van der Waals surface area contributed by atoms with Gasteiger partial charge < -0.3 is 4.90 Å². The fraction of sp³-hybridized carbons (Fsp3) is 0.211. The molecule has 1 aromatic carbocycles. The summed E-state index contributed by atoms with van der Waals surface area (Å²) < 4.78 is 0. The molecule has 2 aromatic heterocycles. The van der Waals surface area contributed by atoms with Crippen LogP contribution in [-0.2, 0) is 0 Å². The van der Waals surface area contributed by atoms with Crippen molar-refractivity contribution in [3.63, 3.8) is 0 Å². The summed E-state index contributed by atoms with van der Waals surface area (Å²) in [6.07, 6.45) is 1.62. The van der Waals surface area contributed by atoms with E-state index in [0.717, 1.165) is 29.2 Å². The molecule has 0 aliphatic rings. The van der Waals surface area contributed by atoms with Crippen molar-refractivity contribution in [3.05, 3.63) is 59.1 Å². The Bertz CT molecular complexity index is 864. The molecule has 134 valence electrons. The van der Waals surface area contributed by atoms with Gasteiger partial charge in [-0.1, -0.05) is 18.2 Å². The van der Waals surface area contributed by atoms with Gasteiger partial charge in [0.25, 0.3) is 5.91 Å². The van der Waals surface area contributed by atoms with E-state index in [1.165, 1.54) is 5.69 Å². The molecule has 2 heterocycles. The predicted octanol–water partition coefficient (Wildman–Crippen LogP) is 3.75. The molecule has 3 rings (SSSR count). The van der Waals surface area contributed by atoms with Crippen LogP contribution in [0.4, 0.5) is 5.69 Å². The predicted molar refractivity (Wildman–Crippen MR) is 107 cm³/mol. The summed E-state index contributed by atoms with van der Waals surface area (Å²) in [6.45, 7) is 6.20. The van der Waals surface area contributed by atoms with Crippen LogP contribution in [0.3, 0.4) is 0 Å². The van der Waals surface area contributed by atoms with E-state index in [-0.39, 0.29) is 5.91 Å². The molecule has 7 heteroatoms. The Hall–Kier alpha value is -2.93. The number of H-pyrrole nitrogens is 1. The van der Waals surface area contributed by atoms with Gasteiger partial charge in [0.15, 0.2) is 5.69 Å². The maximum Gasteiger partial charge on any atom is 0.291 e. The Kier molecular flexibility index (Phi) is 5.80. The van der Waals surface area contributed by atoms with Gasteiger partial charge in [0, 0.05) is 18.8 Å². The molecule has 0 unspecified atom stereocenters. The quantitative estimate of drug-likeness (QED) is 0.493. The van der Waals surface area contributed by atoms with Crippen LogP contribution in [0.5, 0.6) is 0 Å². The molecule has 2 N–H and O–H groups in total. The lowest BCUT2D eigenvalue weighted by atomic mass is 10.2. The Morgan fingerprint density at radius 1 is 1.27 bits per heavy atom. The Morgan fingerprint density at radius 2 is 2.04 bits per heavy atom. The van der Waals surface area contributed by atoms with E-state index < -0.39 is 0 Å². The van der Waals surface area contributed by atoms with Crippen molar-refractivity contribution >= 4 is 29.1 Å². The molecular formula is C19H21N5OS. The zero-order chi connectivity index (χ0) is 18.4. The number of carbonyl (C=O) groups excluding carboxylic acids is 1. The highest BCUT2D eigenvalue weighted by Gasteiger charge is 2.11. The Labute approximate surface area is 156 Å². The molecule has 0 saturated heterocycles. The third-order valence-electron chi connectivity index (χ3n) is 4.00. The first kappa shape index (κ1) is 17.9. The number of carbonyl (C=O) groups is 1. The number of nitrogens with zero attached hydrogens (tertiary/aromatic N) is 3. The standard InChI is InChI=1S/C19H21N5OS/c1-3-24(4-2)15-9-7-14(8-10-15)13-20-23-19(25)17-12-16(21-22-17)18-6-5-11-26-18/h5-13H,3-4H2,1-2H3,(H,21,22)(H,23,25)/b20-13-. The van der Waals surface area contributed by atoms with Gasteiger partial charge in [0.05, 0.1) is 16.8 Å². The summed E-state index contributed by atoms with van der Waals surface area (Å²) >= 11 is 1.59. The van der Waals surface area contributed by atoms with E-state index in [2.05, 4.69) is 51.6 Å². The Morgan fingerprint density at radius 3 is 2.69 bits per heavy atom. The van der Waals surface area contributed by atoms with Crippen molar-refractivity contribution in [3.8, 4) is 10.6 Å². The van der Waals surface area contributed by atoms with Gasteiger partial charge in [-0.05, 0) is 49.1 Å².